The molecule has 0 aliphatic carbocycles. The molecule has 0 atom stereocenters. The van der Waals surface area contributed by atoms with Gasteiger partial charge in [0.2, 0.25) is 0 Å². The molecule has 2 aromatic carbocycles. The number of halogens is 1. The molecule has 3 aromatic rings. The van der Waals surface area contributed by atoms with Crippen LogP contribution in [0.15, 0.2) is 36.4 Å². The lowest BCUT2D eigenvalue weighted by Crippen LogP contribution is -1.97. The maximum absolute atomic E-state index is 11.3. The third kappa shape index (κ3) is 2.35. The van der Waals surface area contributed by atoms with Gasteiger partial charge in [0.05, 0.1) is 10.5 Å². The number of fused-ring (bicyclic) bond motifs is 1. The number of Topliss-reactive ketones (excluding diaryl/α,β-unsaturated/α-hetero) is 1. The van der Waals surface area contributed by atoms with Gasteiger partial charge in [-0.2, -0.15) is 5.10 Å². The Morgan fingerprint density at radius 1 is 1.18 bits per heavy atom. The molecule has 110 valence electrons. The van der Waals surface area contributed by atoms with Gasteiger partial charge in [-0.05, 0) is 24.6 Å². The van der Waals surface area contributed by atoms with Crippen LogP contribution in [-0.4, -0.2) is 27.1 Å². The first-order valence-corrected chi connectivity index (χ1v) is 6.87. The highest BCUT2D eigenvalue weighted by atomic mass is 35.5. The summed E-state index contributed by atoms with van der Waals surface area (Å²) >= 11 is 6.27. The van der Waals surface area contributed by atoms with E-state index in [1.165, 1.54) is 6.92 Å². The number of aromatic carboxylic acids is 1. The minimum atomic E-state index is -1.11. The normalized spacial score (nSPS) is 10.8. The van der Waals surface area contributed by atoms with E-state index in [9.17, 15) is 9.59 Å². The number of hydrogen-bond acceptors (Lipinski definition) is 3. The van der Waals surface area contributed by atoms with Crippen LogP contribution >= 0.6 is 11.6 Å². The van der Waals surface area contributed by atoms with Crippen molar-refractivity contribution in [1.82, 2.24) is 10.2 Å². The Morgan fingerprint density at radius 3 is 2.45 bits per heavy atom. The van der Waals surface area contributed by atoms with Crippen molar-refractivity contribution in [3.05, 3.63) is 52.7 Å². The minimum absolute atomic E-state index is 0.0175. The molecule has 0 fully saturated rings. The smallest absolute Gasteiger partial charge is 0.357 e. The Bertz CT molecular complexity index is 898. The molecular formula is C16H11ClN2O3. The predicted octanol–water partition coefficient (Wildman–Crippen LogP) is 3.78. The summed E-state index contributed by atoms with van der Waals surface area (Å²) < 4.78 is 0. The Kier molecular flexibility index (Phi) is 3.42. The van der Waals surface area contributed by atoms with E-state index in [2.05, 4.69) is 10.2 Å². The van der Waals surface area contributed by atoms with Crippen molar-refractivity contribution in [2.24, 2.45) is 0 Å². The lowest BCUT2D eigenvalue weighted by atomic mass is 10.0. The predicted molar refractivity (Wildman–Crippen MR) is 83.5 cm³/mol. The summed E-state index contributed by atoms with van der Waals surface area (Å²) in [5.41, 5.74) is 2.61. The summed E-state index contributed by atoms with van der Waals surface area (Å²) in [5.74, 6) is -1.12. The number of rotatable bonds is 3. The molecule has 0 amide bonds. The standard InChI is InChI=1S/C16H11ClN2O3/c1-8(20)9-2-4-10(5-3-9)11-6-12-14(7-13(11)17)18-19-15(12)16(21)22/h2-7H,1H3,(H,18,19)(H,21,22). The number of carboxylic acid groups (broad SMARTS) is 1. The fourth-order valence-electron chi connectivity index (χ4n) is 2.31. The summed E-state index contributed by atoms with van der Waals surface area (Å²) in [5, 5.41) is 16.5. The third-order valence-corrected chi connectivity index (χ3v) is 3.77. The molecule has 1 aromatic heterocycles. The van der Waals surface area contributed by atoms with Gasteiger partial charge in [0.25, 0.3) is 0 Å². The number of nitrogens with one attached hydrogen (secondary N) is 1. The fraction of sp³-hybridized carbons (Fsp3) is 0.0625. The van der Waals surface area contributed by atoms with Crippen LogP contribution in [0.4, 0.5) is 0 Å². The van der Waals surface area contributed by atoms with Crippen molar-refractivity contribution in [3.63, 3.8) is 0 Å². The SMILES string of the molecule is CC(=O)c1ccc(-c2cc3c(C(=O)O)n[nH]c3cc2Cl)cc1. The van der Waals surface area contributed by atoms with Crippen LogP contribution in [0.25, 0.3) is 22.0 Å². The van der Waals surface area contributed by atoms with Crippen LogP contribution in [-0.2, 0) is 0 Å². The van der Waals surface area contributed by atoms with Gasteiger partial charge in [-0.1, -0.05) is 35.9 Å². The second-order valence-electron chi connectivity index (χ2n) is 4.89. The maximum atomic E-state index is 11.3. The van der Waals surface area contributed by atoms with E-state index in [-0.39, 0.29) is 11.5 Å². The molecule has 1 heterocycles. The van der Waals surface area contributed by atoms with Crippen LogP contribution < -0.4 is 0 Å². The lowest BCUT2D eigenvalue weighted by molar-refractivity contribution is 0.0692. The second kappa shape index (κ2) is 5.27. The zero-order valence-corrected chi connectivity index (χ0v) is 12.3. The molecule has 0 aliphatic heterocycles. The Hall–Kier alpha value is -2.66. The molecule has 22 heavy (non-hydrogen) atoms. The highest BCUT2D eigenvalue weighted by molar-refractivity contribution is 6.34. The first kappa shape index (κ1) is 14.3. The largest absolute Gasteiger partial charge is 0.476 e. The summed E-state index contributed by atoms with van der Waals surface area (Å²) in [6.45, 7) is 1.50. The van der Waals surface area contributed by atoms with Crippen LogP contribution in [0, 0.1) is 0 Å². The van der Waals surface area contributed by atoms with Crippen molar-refractivity contribution in [3.8, 4) is 11.1 Å². The molecule has 0 saturated carbocycles. The number of hydrogen-bond donors (Lipinski definition) is 2. The fourth-order valence-corrected chi connectivity index (χ4v) is 2.58. The number of carbonyl (C=O) groups excluding carboxylic acids is 1. The van der Waals surface area contributed by atoms with E-state index in [4.69, 9.17) is 16.7 Å². The van der Waals surface area contributed by atoms with Crippen molar-refractivity contribution >= 4 is 34.3 Å². The summed E-state index contributed by atoms with van der Waals surface area (Å²) in [7, 11) is 0. The number of carboxylic acids is 1. The third-order valence-electron chi connectivity index (χ3n) is 3.46. The van der Waals surface area contributed by atoms with E-state index in [0.717, 1.165) is 5.56 Å². The monoisotopic (exact) mass is 314 g/mol. The van der Waals surface area contributed by atoms with Crippen molar-refractivity contribution < 1.29 is 14.7 Å². The van der Waals surface area contributed by atoms with Gasteiger partial charge in [-0.15, -0.1) is 0 Å². The number of ketones is 1. The van der Waals surface area contributed by atoms with E-state index in [1.807, 2.05) is 0 Å². The zero-order valence-electron chi connectivity index (χ0n) is 11.6. The van der Waals surface area contributed by atoms with E-state index in [0.29, 0.717) is 27.1 Å². The molecular weight excluding hydrogens is 304 g/mol. The van der Waals surface area contributed by atoms with Gasteiger partial charge in [0.15, 0.2) is 11.5 Å². The quantitative estimate of drug-likeness (QED) is 0.721. The molecule has 0 saturated heterocycles. The molecule has 0 radical (unpaired) electrons. The molecule has 0 aliphatic rings. The molecule has 3 rings (SSSR count). The highest BCUT2D eigenvalue weighted by Gasteiger charge is 2.15. The average molecular weight is 315 g/mol. The van der Waals surface area contributed by atoms with Gasteiger partial charge >= 0.3 is 5.97 Å². The number of nitrogens with zero attached hydrogens (tertiary/aromatic N) is 1. The lowest BCUT2D eigenvalue weighted by Gasteiger charge is -2.06. The molecule has 0 bridgehead atoms. The summed E-state index contributed by atoms with van der Waals surface area (Å²) in [4.78, 5) is 22.5. The van der Waals surface area contributed by atoms with Gasteiger partial charge < -0.3 is 5.11 Å². The van der Waals surface area contributed by atoms with Crippen LogP contribution in [0.1, 0.15) is 27.8 Å². The van der Waals surface area contributed by atoms with E-state index >= 15 is 0 Å². The minimum Gasteiger partial charge on any atom is -0.476 e. The molecule has 5 nitrogen and oxygen atoms in total. The Morgan fingerprint density at radius 2 is 1.86 bits per heavy atom. The van der Waals surface area contributed by atoms with Gasteiger partial charge in [0, 0.05) is 16.5 Å². The highest BCUT2D eigenvalue weighted by Crippen LogP contribution is 2.32. The van der Waals surface area contributed by atoms with Gasteiger partial charge in [-0.25, -0.2) is 4.79 Å². The van der Waals surface area contributed by atoms with E-state index in [1.54, 1.807) is 36.4 Å². The molecule has 0 spiro atoms. The Labute approximate surface area is 130 Å². The van der Waals surface area contributed by atoms with Crippen LogP contribution in [0.5, 0.6) is 0 Å². The van der Waals surface area contributed by atoms with Gasteiger partial charge in [-0.3, -0.25) is 9.89 Å². The maximum Gasteiger partial charge on any atom is 0.357 e. The topological polar surface area (TPSA) is 83.1 Å². The number of H-pyrrole nitrogens is 1. The van der Waals surface area contributed by atoms with Crippen molar-refractivity contribution in [1.29, 1.82) is 0 Å². The Balaban J connectivity index is 2.17. The van der Waals surface area contributed by atoms with E-state index < -0.39 is 5.97 Å². The molecule has 0 unspecified atom stereocenters. The number of carbonyl (C=O) groups is 2. The van der Waals surface area contributed by atoms with Crippen LogP contribution in [0.3, 0.4) is 0 Å². The first-order valence-electron chi connectivity index (χ1n) is 6.49. The van der Waals surface area contributed by atoms with Crippen molar-refractivity contribution in [2.75, 3.05) is 0 Å². The van der Waals surface area contributed by atoms with Crippen molar-refractivity contribution in [2.45, 2.75) is 6.92 Å². The number of aromatic amines is 1. The molecule has 2 N–H and O–H groups in total. The summed E-state index contributed by atoms with van der Waals surface area (Å²) in [6.07, 6.45) is 0. The van der Waals surface area contributed by atoms with Gasteiger partial charge in [0.1, 0.15) is 0 Å². The molecule has 6 heteroatoms. The average Bonchev–Trinajstić information content (AvgIpc) is 2.89. The number of aromatic nitrogens is 2. The summed E-state index contributed by atoms with van der Waals surface area (Å²) in [6, 6.07) is 10.3. The van der Waals surface area contributed by atoms with Crippen LogP contribution in [0.2, 0.25) is 5.02 Å². The zero-order chi connectivity index (χ0) is 15.9. The second-order valence-corrected chi connectivity index (χ2v) is 5.30. The first-order chi connectivity index (χ1) is 10.5. The number of benzene rings is 2.